The second-order valence-electron chi connectivity index (χ2n) is 5.34. The Morgan fingerprint density at radius 1 is 1.40 bits per heavy atom. The fourth-order valence-corrected chi connectivity index (χ4v) is 2.15. The van der Waals surface area contributed by atoms with Crippen LogP contribution < -0.4 is 11.1 Å². The molecule has 0 aromatic rings. The normalized spacial score (nSPS) is 22.8. The van der Waals surface area contributed by atoms with Gasteiger partial charge >= 0.3 is 6.09 Å². The van der Waals surface area contributed by atoms with Gasteiger partial charge in [0.05, 0.1) is 0 Å². The molecule has 1 aliphatic heterocycles. The van der Waals surface area contributed by atoms with E-state index in [9.17, 15) is 4.79 Å². The second-order valence-corrected chi connectivity index (χ2v) is 5.34. The third kappa shape index (κ3) is 2.43. The van der Waals surface area contributed by atoms with Gasteiger partial charge in [-0.3, -0.25) is 0 Å². The van der Waals surface area contributed by atoms with Crippen molar-refractivity contribution < 1.29 is 9.53 Å². The van der Waals surface area contributed by atoms with Crippen LogP contribution in [0, 0.1) is 11.3 Å². The largest absolute Gasteiger partial charge is 0.443 e. The van der Waals surface area contributed by atoms with E-state index in [-0.39, 0.29) is 5.41 Å². The topological polar surface area (TPSA) is 64.3 Å². The Balaban J connectivity index is 2.77. The maximum Gasteiger partial charge on any atom is 0.405 e. The quantitative estimate of drug-likeness (QED) is 0.748. The van der Waals surface area contributed by atoms with E-state index in [4.69, 9.17) is 10.5 Å². The van der Waals surface area contributed by atoms with Gasteiger partial charge in [0.2, 0.25) is 0 Å². The Kier molecular flexibility index (Phi) is 3.28. The van der Waals surface area contributed by atoms with Gasteiger partial charge < -0.3 is 15.8 Å². The zero-order valence-corrected chi connectivity index (χ0v) is 10.1. The summed E-state index contributed by atoms with van der Waals surface area (Å²) >= 11 is 0. The molecule has 0 aromatic heterocycles. The van der Waals surface area contributed by atoms with E-state index in [0.29, 0.717) is 5.92 Å². The van der Waals surface area contributed by atoms with Gasteiger partial charge in [0.15, 0.2) is 0 Å². The Morgan fingerprint density at radius 3 is 2.40 bits per heavy atom. The molecule has 1 fully saturated rings. The maximum atomic E-state index is 10.9. The third-order valence-electron chi connectivity index (χ3n) is 3.99. The van der Waals surface area contributed by atoms with Crippen molar-refractivity contribution >= 4 is 6.09 Å². The van der Waals surface area contributed by atoms with Crippen molar-refractivity contribution in [2.24, 2.45) is 17.1 Å². The minimum atomic E-state index is -0.695. The molecule has 1 amide bonds. The van der Waals surface area contributed by atoms with E-state index >= 15 is 0 Å². The van der Waals surface area contributed by atoms with E-state index in [0.717, 1.165) is 19.5 Å². The van der Waals surface area contributed by atoms with E-state index < -0.39 is 11.7 Å². The Hall–Kier alpha value is -0.770. The van der Waals surface area contributed by atoms with E-state index in [1.54, 1.807) is 0 Å². The van der Waals surface area contributed by atoms with Crippen LogP contribution in [-0.2, 0) is 4.74 Å². The van der Waals surface area contributed by atoms with Crippen molar-refractivity contribution in [1.29, 1.82) is 0 Å². The number of hydrogen-bond donors (Lipinski definition) is 2. The van der Waals surface area contributed by atoms with Crippen molar-refractivity contribution in [3.8, 4) is 0 Å². The van der Waals surface area contributed by atoms with E-state index in [1.165, 1.54) is 0 Å². The second kappa shape index (κ2) is 4.00. The summed E-state index contributed by atoms with van der Waals surface area (Å²) in [5, 5.41) is 3.33. The Bertz CT molecular complexity index is 243. The smallest absolute Gasteiger partial charge is 0.405 e. The third-order valence-corrected chi connectivity index (χ3v) is 3.99. The maximum absolute atomic E-state index is 10.9. The molecular formula is C11H22N2O2. The standard InChI is InChI=1S/C11H22N2O2/c1-10(2,8-5-6-13-7-8)11(3,4)15-9(12)14/h8,13H,5-7H2,1-4H3,(H2,12,14). The fraction of sp³-hybridized carbons (Fsp3) is 0.909. The minimum Gasteiger partial charge on any atom is -0.443 e. The predicted octanol–water partition coefficient (Wildman–Crippen LogP) is 1.50. The number of primary amides is 1. The molecule has 0 radical (unpaired) electrons. The van der Waals surface area contributed by atoms with Crippen LogP contribution in [0.1, 0.15) is 34.1 Å². The highest BCUT2D eigenvalue weighted by Gasteiger charge is 2.46. The molecule has 4 nitrogen and oxygen atoms in total. The van der Waals surface area contributed by atoms with Crippen molar-refractivity contribution in [3.05, 3.63) is 0 Å². The zero-order chi connectivity index (χ0) is 11.7. The molecule has 1 saturated heterocycles. The van der Waals surface area contributed by atoms with Crippen LogP contribution in [0.5, 0.6) is 0 Å². The number of hydrogen-bond acceptors (Lipinski definition) is 3. The number of amides is 1. The molecule has 88 valence electrons. The van der Waals surface area contributed by atoms with Crippen molar-refractivity contribution in [2.45, 2.75) is 39.7 Å². The number of rotatable bonds is 3. The van der Waals surface area contributed by atoms with Crippen LogP contribution in [0.2, 0.25) is 0 Å². The predicted molar refractivity (Wildman–Crippen MR) is 59.5 cm³/mol. The van der Waals surface area contributed by atoms with Crippen LogP contribution in [0.4, 0.5) is 4.79 Å². The molecular weight excluding hydrogens is 192 g/mol. The molecule has 0 spiro atoms. The lowest BCUT2D eigenvalue weighted by Crippen LogP contribution is -2.49. The summed E-state index contributed by atoms with van der Waals surface area (Å²) in [6.07, 6.45) is 0.428. The average molecular weight is 214 g/mol. The first-order chi connectivity index (χ1) is 6.77. The van der Waals surface area contributed by atoms with Crippen LogP contribution in [0.3, 0.4) is 0 Å². The molecule has 3 N–H and O–H groups in total. The van der Waals surface area contributed by atoms with Crippen molar-refractivity contribution in [1.82, 2.24) is 5.32 Å². The number of carbonyl (C=O) groups is 1. The summed E-state index contributed by atoms with van der Waals surface area (Å²) in [6, 6.07) is 0. The molecule has 0 bridgehead atoms. The lowest BCUT2D eigenvalue weighted by Gasteiger charge is -2.44. The molecule has 0 aromatic carbocycles. The number of carbonyl (C=O) groups excluding carboxylic acids is 1. The number of nitrogens with one attached hydrogen (secondary N) is 1. The molecule has 4 heteroatoms. The molecule has 1 atom stereocenters. The monoisotopic (exact) mass is 214 g/mol. The average Bonchev–Trinajstić information content (AvgIpc) is 2.52. The molecule has 1 aliphatic rings. The molecule has 0 aliphatic carbocycles. The first-order valence-corrected chi connectivity index (χ1v) is 5.46. The van der Waals surface area contributed by atoms with Gasteiger partial charge in [-0.25, -0.2) is 4.79 Å². The summed E-state index contributed by atoms with van der Waals surface area (Å²) in [7, 11) is 0. The van der Waals surface area contributed by atoms with Crippen molar-refractivity contribution in [3.63, 3.8) is 0 Å². The van der Waals surface area contributed by atoms with Gasteiger partial charge in [0.25, 0.3) is 0 Å². The van der Waals surface area contributed by atoms with Crippen LogP contribution >= 0.6 is 0 Å². The summed E-state index contributed by atoms with van der Waals surface area (Å²) in [4.78, 5) is 10.9. The Labute approximate surface area is 91.5 Å². The lowest BCUT2D eigenvalue weighted by atomic mass is 9.67. The number of ether oxygens (including phenoxy) is 1. The number of nitrogens with two attached hydrogens (primary N) is 1. The zero-order valence-electron chi connectivity index (χ0n) is 10.1. The molecule has 1 heterocycles. The highest BCUT2D eigenvalue weighted by Crippen LogP contribution is 2.42. The molecule has 1 rings (SSSR count). The van der Waals surface area contributed by atoms with Gasteiger partial charge in [-0.15, -0.1) is 0 Å². The summed E-state index contributed by atoms with van der Waals surface area (Å²) in [6.45, 7) is 10.1. The highest BCUT2D eigenvalue weighted by atomic mass is 16.6. The Morgan fingerprint density at radius 2 is 2.00 bits per heavy atom. The first kappa shape index (κ1) is 12.3. The van der Waals surface area contributed by atoms with Gasteiger partial charge in [0, 0.05) is 5.41 Å². The van der Waals surface area contributed by atoms with Gasteiger partial charge in [-0.2, -0.15) is 0 Å². The van der Waals surface area contributed by atoms with Crippen LogP contribution in [0.25, 0.3) is 0 Å². The van der Waals surface area contributed by atoms with Crippen molar-refractivity contribution in [2.75, 3.05) is 13.1 Å². The highest BCUT2D eigenvalue weighted by molar-refractivity contribution is 5.65. The van der Waals surface area contributed by atoms with Crippen LogP contribution in [-0.4, -0.2) is 24.8 Å². The molecule has 15 heavy (non-hydrogen) atoms. The van der Waals surface area contributed by atoms with Gasteiger partial charge in [0.1, 0.15) is 5.60 Å². The molecule has 1 unspecified atom stereocenters. The van der Waals surface area contributed by atoms with Gasteiger partial charge in [-0.1, -0.05) is 13.8 Å². The SMILES string of the molecule is CC(C)(OC(N)=O)C(C)(C)C1CCNC1. The van der Waals surface area contributed by atoms with E-state index in [1.807, 2.05) is 13.8 Å². The van der Waals surface area contributed by atoms with Crippen LogP contribution in [0.15, 0.2) is 0 Å². The first-order valence-electron chi connectivity index (χ1n) is 5.46. The van der Waals surface area contributed by atoms with Gasteiger partial charge in [-0.05, 0) is 39.3 Å². The lowest BCUT2D eigenvalue weighted by molar-refractivity contribution is -0.0701. The summed E-state index contributed by atoms with van der Waals surface area (Å²) in [5.41, 5.74) is 4.49. The van der Waals surface area contributed by atoms with E-state index in [2.05, 4.69) is 19.2 Å². The summed E-state index contributed by atoms with van der Waals surface area (Å²) < 4.78 is 5.23. The molecule has 0 saturated carbocycles. The minimum absolute atomic E-state index is 0.0778. The summed E-state index contributed by atoms with van der Waals surface area (Å²) in [5.74, 6) is 0.520. The fourth-order valence-electron chi connectivity index (χ4n) is 2.15.